The zero-order valence-corrected chi connectivity index (χ0v) is 6.62. The number of cyclic esters (lactones) is 1. The summed E-state index contributed by atoms with van der Waals surface area (Å²) in [6, 6.07) is 0.236. The summed E-state index contributed by atoms with van der Waals surface area (Å²) in [5, 5.41) is 8.63. The second kappa shape index (κ2) is 3.69. The van der Waals surface area contributed by atoms with E-state index in [1.165, 1.54) is 0 Å². The Morgan fingerprint density at radius 2 is 2.55 bits per heavy atom. The normalized spacial score (nSPS) is 26.7. The molecule has 1 saturated heterocycles. The average molecular weight is 159 g/mol. The van der Waals surface area contributed by atoms with E-state index in [0.29, 0.717) is 19.7 Å². The minimum atomic E-state index is -0.198. The average Bonchev–Trinajstić information content (AvgIpc) is 1.98. The number of rotatable bonds is 2. The van der Waals surface area contributed by atoms with Crippen molar-refractivity contribution in [1.82, 2.24) is 4.90 Å². The third kappa shape index (κ3) is 2.17. The van der Waals surface area contributed by atoms with Gasteiger partial charge in [-0.05, 0) is 6.92 Å². The number of carbonyl (C=O) groups excluding carboxylic acids is 1. The molecule has 1 unspecified atom stereocenters. The molecule has 4 nitrogen and oxygen atoms in total. The van der Waals surface area contributed by atoms with Crippen LogP contribution >= 0.6 is 0 Å². The van der Waals surface area contributed by atoms with Gasteiger partial charge in [0, 0.05) is 12.6 Å². The van der Waals surface area contributed by atoms with Crippen molar-refractivity contribution in [3.63, 3.8) is 0 Å². The van der Waals surface area contributed by atoms with Gasteiger partial charge in [-0.2, -0.15) is 0 Å². The Balaban J connectivity index is 2.40. The number of aliphatic hydroxyl groups is 1. The lowest BCUT2D eigenvalue weighted by molar-refractivity contribution is -0.154. The summed E-state index contributed by atoms with van der Waals surface area (Å²) in [5.74, 6) is -0.198. The number of esters is 1. The summed E-state index contributed by atoms with van der Waals surface area (Å²) in [5.41, 5.74) is 0. The highest BCUT2D eigenvalue weighted by Gasteiger charge is 2.23. The molecule has 0 aliphatic carbocycles. The third-order valence-corrected chi connectivity index (χ3v) is 1.83. The number of ether oxygens (including phenoxy) is 1. The fourth-order valence-corrected chi connectivity index (χ4v) is 1.11. The molecule has 1 atom stereocenters. The Hall–Kier alpha value is -0.610. The lowest BCUT2D eigenvalue weighted by atomic mass is 10.2. The van der Waals surface area contributed by atoms with Gasteiger partial charge < -0.3 is 9.84 Å². The third-order valence-electron chi connectivity index (χ3n) is 1.83. The van der Waals surface area contributed by atoms with E-state index in [4.69, 9.17) is 9.84 Å². The summed E-state index contributed by atoms with van der Waals surface area (Å²) in [6.07, 6.45) is 0. The molecule has 1 fully saturated rings. The first-order valence-electron chi connectivity index (χ1n) is 3.74. The van der Waals surface area contributed by atoms with Crippen LogP contribution in [0.25, 0.3) is 0 Å². The van der Waals surface area contributed by atoms with Gasteiger partial charge in [0.1, 0.15) is 6.61 Å². The summed E-state index contributed by atoms with van der Waals surface area (Å²) in [4.78, 5) is 12.7. The molecule has 0 amide bonds. The maximum absolute atomic E-state index is 10.7. The van der Waals surface area contributed by atoms with Crippen LogP contribution in [0.1, 0.15) is 6.92 Å². The maximum Gasteiger partial charge on any atom is 0.320 e. The van der Waals surface area contributed by atoms with Crippen LogP contribution < -0.4 is 0 Å². The highest BCUT2D eigenvalue weighted by atomic mass is 16.5. The fourth-order valence-electron chi connectivity index (χ4n) is 1.11. The second-order valence-corrected chi connectivity index (χ2v) is 2.73. The molecule has 0 radical (unpaired) electrons. The van der Waals surface area contributed by atoms with Gasteiger partial charge in [0.25, 0.3) is 0 Å². The molecular formula is C7H13NO3. The van der Waals surface area contributed by atoms with Crippen molar-refractivity contribution in [2.75, 3.05) is 26.3 Å². The molecule has 11 heavy (non-hydrogen) atoms. The molecule has 0 aromatic heterocycles. The summed E-state index contributed by atoms with van der Waals surface area (Å²) < 4.78 is 4.80. The van der Waals surface area contributed by atoms with Gasteiger partial charge in [-0.3, -0.25) is 9.69 Å². The van der Waals surface area contributed by atoms with E-state index in [0.717, 1.165) is 0 Å². The first kappa shape index (κ1) is 8.49. The first-order valence-corrected chi connectivity index (χ1v) is 3.74. The van der Waals surface area contributed by atoms with Crippen LogP contribution in [0.2, 0.25) is 0 Å². The van der Waals surface area contributed by atoms with Crippen molar-refractivity contribution in [2.45, 2.75) is 13.0 Å². The molecule has 1 N–H and O–H groups in total. The molecule has 1 rings (SSSR count). The van der Waals surface area contributed by atoms with E-state index in [1.54, 1.807) is 0 Å². The van der Waals surface area contributed by atoms with Crippen LogP contribution in [0.4, 0.5) is 0 Å². The number of β-amino-alcohol motifs (C(OH)–C–C–N with tert-alkyl or cyclic N) is 1. The number of aliphatic hydroxyl groups excluding tert-OH is 1. The number of nitrogens with zero attached hydrogens (tertiary/aromatic N) is 1. The fraction of sp³-hybridized carbons (Fsp3) is 0.857. The molecule has 64 valence electrons. The summed E-state index contributed by atoms with van der Waals surface area (Å²) >= 11 is 0. The Morgan fingerprint density at radius 1 is 1.82 bits per heavy atom. The van der Waals surface area contributed by atoms with Crippen molar-refractivity contribution in [3.8, 4) is 0 Å². The number of carbonyl (C=O) groups is 1. The summed E-state index contributed by atoms with van der Waals surface area (Å²) in [7, 11) is 0. The van der Waals surface area contributed by atoms with Crippen LogP contribution in [0.15, 0.2) is 0 Å². The predicted molar refractivity (Wildman–Crippen MR) is 39.1 cm³/mol. The second-order valence-electron chi connectivity index (χ2n) is 2.73. The molecule has 4 heteroatoms. The molecular weight excluding hydrogens is 146 g/mol. The molecule has 1 aliphatic rings. The van der Waals surface area contributed by atoms with E-state index in [-0.39, 0.29) is 18.6 Å². The Kier molecular flexibility index (Phi) is 2.84. The van der Waals surface area contributed by atoms with Gasteiger partial charge >= 0.3 is 5.97 Å². The molecule has 0 saturated carbocycles. The lowest BCUT2D eigenvalue weighted by Crippen LogP contribution is -2.47. The summed E-state index contributed by atoms with van der Waals surface area (Å²) in [6.45, 7) is 3.37. The van der Waals surface area contributed by atoms with Gasteiger partial charge in [-0.25, -0.2) is 0 Å². The van der Waals surface area contributed by atoms with Gasteiger partial charge in [0.05, 0.1) is 13.2 Å². The highest BCUT2D eigenvalue weighted by Crippen LogP contribution is 2.05. The monoisotopic (exact) mass is 159 g/mol. The van der Waals surface area contributed by atoms with E-state index in [1.807, 2.05) is 11.8 Å². The lowest BCUT2D eigenvalue weighted by Gasteiger charge is -2.31. The predicted octanol–water partition coefficient (Wildman–Crippen LogP) is -0.774. The van der Waals surface area contributed by atoms with Crippen LogP contribution in [0.5, 0.6) is 0 Å². The largest absolute Gasteiger partial charge is 0.463 e. The SMILES string of the molecule is CC1COC(=O)CN1CCO. The molecule has 1 heterocycles. The molecule has 1 aliphatic heterocycles. The quantitative estimate of drug-likeness (QED) is 0.537. The van der Waals surface area contributed by atoms with Crippen LogP contribution in [0, 0.1) is 0 Å². The standard InChI is InChI=1S/C7H13NO3/c1-6-5-11-7(10)4-8(6)2-3-9/h6,9H,2-5H2,1H3. The molecule has 0 aromatic carbocycles. The first-order chi connectivity index (χ1) is 5.24. The van der Waals surface area contributed by atoms with Gasteiger partial charge in [-0.15, -0.1) is 0 Å². The number of hydrogen-bond donors (Lipinski definition) is 1. The van der Waals surface area contributed by atoms with Crippen LogP contribution in [-0.2, 0) is 9.53 Å². The van der Waals surface area contributed by atoms with Gasteiger partial charge in [-0.1, -0.05) is 0 Å². The smallest absolute Gasteiger partial charge is 0.320 e. The van der Waals surface area contributed by atoms with E-state index < -0.39 is 0 Å². The van der Waals surface area contributed by atoms with E-state index >= 15 is 0 Å². The molecule has 0 spiro atoms. The van der Waals surface area contributed by atoms with E-state index in [2.05, 4.69) is 0 Å². The highest BCUT2D eigenvalue weighted by molar-refractivity contribution is 5.72. The molecule has 0 aromatic rings. The zero-order valence-electron chi connectivity index (χ0n) is 6.62. The minimum absolute atomic E-state index is 0.0949. The number of hydrogen-bond acceptors (Lipinski definition) is 4. The van der Waals surface area contributed by atoms with Gasteiger partial charge in [0.2, 0.25) is 0 Å². The van der Waals surface area contributed by atoms with E-state index in [9.17, 15) is 4.79 Å². The maximum atomic E-state index is 10.7. The minimum Gasteiger partial charge on any atom is -0.463 e. The van der Waals surface area contributed by atoms with Crippen LogP contribution in [0.3, 0.4) is 0 Å². The van der Waals surface area contributed by atoms with Crippen molar-refractivity contribution in [1.29, 1.82) is 0 Å². The Bertz CT molecular complexity index is 149. The Morgan fingerprint density at radius 3 is 3.18 bits per heavy atom. The Labute approximate surface area is 65.8 Å². The van der Waals surface area contributed by atoms with Crippen molar-refractivity contribution >= 4 is 5.97 Å². The molecule has 0 bridgehead atoms. The van der Waals surface area contributed by atoms with Crippen LogP contribution in [-0.4, -0.2) is 48.3 Å². The van der Waals surface area contributed by atoms with Crippen molar-refractivity contribution < 1.29 is 14.6 Å². The van der Waals surface area contributed by atoms with Crippen molar-refractivity contribution in [3.05, 3.63) is 0 Å². The van der Waals surface area contributed by atoms with Crippen molar-refractivity contribution in [2.24, 2.45) is 0 Å². The zero-order chi connectivity index (χ0) is 8.27. The topological polar surface area (TPSA) is 49.8 Å². The van der Waals surface area contributed by atoms with Gasteiger partial charge in [0.15, 0.2) is 0 Å². The number of morpholine rings is 1.